The van der Waals surface area contributed by atoms with Gasteiger partial charge >= 0.3 is 11.7 Å². The number of aromatic nitrogens is 3. The first-order chi connectivity index (χ1) is 28.0. The SMILES string of the molecule is CCCCCCCCCCCCOC(=O)c1ccc(OC(C)C)c(NC(=O)C(C(=O)c2cc3ccccc3n2C)n2c(O)c(OCC)n(Cc3ccccc3)c2=O)c1. The number of carbonyl (C=O) groups is 3. The topological polar surface area (TPSA) is 143 Å². The van der Waals surface area contributed by atoms with E-state index in [1.165, 1.54) is 55.6 Å². The van der Waals surface area contributed by atoms with Crippen LogP contribution in [-0.2, 0) is 23.1 Å². The van der Waals surface area contributed by atoms with Crippen LogP contribution in [0.2, 0.25) is 0 Å². The van der Waals surface area contributed by atoms with E-state index >= 15 is 0 Å². The molecule has 3 aromatic carbocycles. The molecule has 12 nitrogen and oxygen atoms in total. The highest BCUT2D eigenvalue weighted by Crippen LogP contribution is 2.34. The molecule has 310 valence electrons. The molecule has 1 unspecified atom stereocenters. The summed E-state index contributed by atoms with van der Waals surface area (Å²) < 4.78 is 21.0. The number of unbranched alkanes of at least 4 members (excludes halogenated alkanes) is 9. The van der Waals surface area contributed by atoms with Gasteiger partial charge in [-0.2, -0.15) is 0 Å². The molecule has 5 rings (SSSR count). The van der Waals surface area contributed by atoms with Gasteiger partial charge in [-0.05, 0) is 63.1 Å². The van der Waals surface area contributed by atoms with E-state index in [0.717, 1.165) is 40.3 Å². The fourth-order valence-electron chi connectivity index (χ4n) is 7.12. The summed E-state index contributed by atoms with van der Waals surface area (Å²) in [4.78, 5) is 57.0. The molecule has 12 heteroatoms. The molecule has 0 fully saturated rings. The van der Waals surface area contributed by atoms with Gasteiger partial charge in [-0.1, -0.05) is 113 Å². The molecule has 0 saturated carbocycles. The van der Waals surface area contributed by atoms with Gasteiger partial charge in [-0.3, -0.25) is 14.2 Å². The minimum absolute atomic E-state index is 0.00178. The molecule has 2 N–H and O–H groups in total. The third-order valence-corrected chi connectivity index (χ3v) is 10.1. The zero-order valence-electron chi connectivity index (χ0n) is 34.5. The second kappa shape index (κ2) is 21.1. The van der Waals surface area contributed by atoms with E-state index < -0.39 is 35.3 Å². The van der Waals surface area contributed by atoms with Crippen molar-refractivity contribution in [3.05, 3.63) is 106 Å². The van der Waals surface area contributed by atoms with Crippen molar-refractivity contribution < 1.29 is 33.7 Å². The molecule has 0 saturated heterocycles. The van der Waals surface area contributed by atoms with Crippen molar-refractivity contribution in [3.63, 3.8) is 0 Å². The second-order valence-electron chi connectivity index (χ2n) is 14.9. The molecule has 1 atom stereocenters. The van der Waals surface area contributed by atoms with Crippen LogP contribution >= 0.6 is 0 Å². The number of aryl methyl sites for hydroxylation is 1. The van der Waals surface area contributed by atoms with Crippen LogP contribution in [0.4, 0.5) is 5.69 Å². The highest BCUT2D eigenvalue weighted by molar-refractivity contribution is 6.16. The van der Waals surface area contributed by atoms with Crippen LogP contribution in [0, 0.1) is 0 Å². The van der Waals surface area contributed by atoms with Crippen LogP contribution in [-0.4, -0.2) is 55.8 Å². The molecule has 0 aliphatic heterocycles. The number of benzene rings is 3. The lowest BCUT2D eigenvalue weighted by atomic mass is 10.1. The summed E-state index contributed by atoms with van der Waals surface area (Å²) in [5, 5.41) is 15.2. The normalized spacial score (nSPS) is 11.8. The molecular weight excluding hydrogens is 737 g/mol. The Bertz CT molecular complexity index is 2200. The van der Waals surface area contributed by atoms with Crippen molar-refractivity contribution in [2.24, 2.45) is 7.05 Å². The Morgan fingerprint density at radius 3 is 2.12 bits per heavy atom. The number of aromatic hydroxyl groups is 1. The van der Waals surface area contributed by atoms with Crippen LogP contribution < -0.4 is 20.5 Å². The summed E-state index contributed by atoms with van der Waals surface area (Å²) in [6.45, 7) is 7.90. The number of nitrogens with one attached hydrogen (secondary N) is 1. The smallest absolute Gasteiger partial charge is 0.338 e. The van der Waals surface area contributed by atoms with E-state index in [-0.39, 0.29) is 54.4 Å². The van der Waals surface area contributed by atoms with Gasteiger partial charge in [0.05, 0.1) is 42.8 Å². The molecule has 5 aromatic rings. The maximum atomic E-state index is 14.7. The number of hydrogen-bond donors (Lipinski definition) is 2. The highest BCUT2D eigenvalue weighted by Gasteiger charge is 2.38. The van der Waals surface area contributed by atoms with Gasteiger partial charge in [0.25, 0.3) is 17.7 Å². The number of carbonyl (C=O) groups excluding carboxylic acids is 3. The Labute approximate surface area is 340 Å². The van der Waals surface area contributed by atoms with E-state index in [2.05, 4.69) is 12.2 Å². The lowest BCUT2D eigenvalue weighted by Gasteiger charge is -2.20. The Morgan fingerprint density at radius 2 is 1.47 bits per heavy atom. The second-order valence-corrected chi connectivity index (χ2v) is 14.9. The number of anilines is 1. The van der Waals surface area contributed by atoms with Gasteiger partial charge in [0.15, 0.2) is 6.04 Å². The van der Waals surface area contributed by atoms with Crippen molar-refractivity contribution in [1.82, 2.24) is 13.7 Å². The maximum Gasteiger partial charge on any atom is 0.338 e. The number of ether oxygens (including phenoxy) is 3. The summed E-state index contributed by atoms with van der Waals surface area (Å²) in [6, 6.07) is 20.7. The first-order valence-electron chi connectivity index (χ1n) is 20.6. The van der Waals surface area contributed by atoms with Crippen molar-refractivity contribution in [1.29, 1.82) is 0 Å². The average Bonchev–Trinajstić information content (AvgIpc) is 3.66. The standard InChI is InChI=1S/C46H58N4O8/c1-6-8-9-10-11-12-13-14-15-21-28-57-45(54)35-26-27-39(58-32(3)4)36(29-35)47-42(52)40(41(51)38-30-34-24-19-20-25-37(34)48(38)5)50-43(53)44(56-7-2)49(46(50)55)31-33-22-17-16-18-23-33/h16-20,22-27,29-30,32,40,53H,6-15,21,28,31H2,1-5H3,(H,47,52). The molecule has 58 heavy (non-hydrogen) atoms. The van der Waals surface area contributed by atoms with E-state index in [1.807, 2.05) is 68.4 Å². The first-order valence-corrected chi connectivity index (χ1v) is 20.6. The minimum atomic E-state index is -1.91. The lowest BCUT2D eigenvalue weighted by molar-refractivity contribution is -0.118. The molecule has 0 radical (unpaired) electrons. The summed E-state index contributed by atoms with van der Waals surface area (Å²) in [7, 11) is 1.69. The molecule has 1 amide bonds. The number of esters is 1. The number of fused-ring (bicyclic) bond motifs is 1. The summed E-state index contributed by atoms with van der Waals surface area (Å²) in [5.41, 5.74) is 1.02. The van der Waals surface area contributed by atoms with Gasteiger partial charge in [-0.25, -0.2) is 14.2 Å². The zero-order valence-corrected chi connectivity index (χ0v) is 34.5. The number of para-hydroxylation sites is 1. The molecule has 0 aliphatic carbocycles. The number of rotatable bonds is 23. The summed E-state index contributed by atoms with van der Waals surface area (Å²) in [5.74, 6) is -2.91. The molecule has 2 heterocycles. The van der Waals surface area contributed by atoms with Crippen LogP contribution in [0.25, 0.3) is 10.9 Å². The lowest BCUT2D eigenvalue weighted by Crippen LogP contribution is -2.39. The van der Waals surface area contributed by atoms with Gasteiger partial charge in [0.2, 0.25) is 5.78 Å². The third kappa shape index (κ3) is 10.8. The third-order valence-electron chi connectivity index (χ3n) is 10.1. The van der Waals surface area contributed by atoms with Gasteiger partial charge in [-0.15, -0.1) is 0 Å². The van der Waals surface area contributed by atoms with Crippen molar-refractivity contribution in [3.8, 4) is 17.5 Å². The van der Waals surface area contributed by atoms with Gasteiger partial charge in [0, 0.05) is 18.0 Å². The molecule has 0 aliphatic rings. The predicted molar refractivity (Wildman–Crippen MR) is 226 cm³/mol. The molecule has 0 spiro atoms. The van der Waals surface area contributed by atoms with E-state index in [9.17, 15) is 24.3 Å². The number of amides is 1. The number of ketones is 1. The van der Waals surface area contributed by atoms with Crippen LogP contribution in [0.1, 0.15) is 124 Å². The number of Topliss-reactive ketones (excluding diaryl/α,β-unsaturated/α-hetero) is 1. The number of imidazole rings is 1. The first kappa shape index (κ1) is 43.3. The van der Waals surface area contributed by atoms with E-state index in [0.29, 0.717) is 0 Å². The van der Waals surface area contributed by atoms with Crippen molar-refractivity contribution in [2.75, 3.05) is 18.5 Å². The largest absolute Gasteiger partial charge is 0.491 e. The van der Waals surface area contributed by atoms with Crippen LogP contribution in [0.15, 0.2) is 83.7 Å². The predicted octanol–water partition coefficient (Wildman–Crippen LogP) is 9.22. The molecular formula is C46H58N4O8. The number of nitrogens with zero attached hydrogens (tertiary/aromatic N) is 3. The number of hydrogen-bond acceptors (Lipinski definition) is 8. The summed E-state index contributed by atoms with van der Waals surface area (Å²) >= 11 is 0. The van der Waals surface area contributed by atoms with Gasteiger partial charge < -0.3 is 29.2 Å². The Kier molecular flexibility index (Phi) is 15.8. The monoisotopic (exact) mass is 794 g/mol. The zero-order chi connectivity index (χ0) is 41.6. The quantitative estimate of drug-likeness (QED) is 0.0289. The van der Waals surface area contributed by atoms with E-state index in [1.54, 1.807) is 36.7 Å². The molecule has 2 aromatic heterocycles. The average molecular weight is 795 g/mol. The van der Waals surface area contributed by atoms with Crippen molar-refractivity contribution >= 4 is 34.3 Å². The van der Waals surface area contributed by atoms with Crippen LogP contribution in [0.5, 0.6) is 17.5 Å². The maximum absolute atomic E-state index is 14.7. The van der Waals surface area contributed by atoms with E-state index in [4.69, 9.17) is 14.2 Å². The Morgan fingerprint density at radius 1 is 0.810 bits per heavy atom. The summed E-state index contributed by atoms with van der Waals surface area (Å²) in [6.07, 6.45) is 11.2. The Balaban J connectivity index is 1.44. The fourth-order valence-corrected chi connectivity index (χ4v) is 7.12. The Hall–Kier alpha value is -5.78. The fraction of sp³-hybridized carbons (Fsp3) is 0.435. The van der Waals surface area contributed by atoms with Crippen molar-refractivity contribution in [2.45, 2.75) is 111 Å². The highest BCUT2D eigenvalue weighted by atomic mass is 16.5. The van der Waals surface area contributed by atoms with Crippen LogP contribution in [0.3, 0.4) is 0 Å². The minimum Gasteiger partial charge on any atom is -0.491 e. The molecule has 0 bridgehead atoms. The van der Waals surface area contributed by atoms with Gasteiger partial charge in [0.1, 0.15) is 5.75 Å².